The summed E-state index contributed by atoms with van der Waals surface area (Å²) in [4.78, 5) is 18.5. The van der Waals surface area contributed by atoms with Crippen LogP contribution in [0.1, 0.15) is 10.4 Å². The van der Waals surface area contributed by atoms with Gasteiger partial charge in [0.25, 0.3) is 5.91 Å². The van der Waals surface area contributed by atoms with Crippen molar-refractivity contribution in [3.05, 3.63) is 18.0 Å². The van der Waals surface area contributed by atoms with E-state index in [0.717, 1.165) is 0 Å². The monoisotopic (exact) mass is 167 g/mol. The molecule has 64 valence electrons. The van der Waals surface area contributed by atoms with Crippen molar-refractivity contribution in [2.24, 2.45) is 0 Å². The quantitative estimate of drug-likeness (QED) is 0.665. The molecule has 1 aromatic heterocycles. The molecule has 0 saturated carbocycles. The van der Waals surface area contributed by atoms with Crippen molar-refractivity contribution in [2.75, 3.05) is 14.2 Å². The van der Waals surface area contributed by atoms with Gasteiger partial charge < -0.3 is 10.1 Å². The summed E-state index contributed by atoms with van der Waals surface area (Å²) in [5.41, 5.74) is 0.415. The summed E-state index contributed by atoms with van der Waals surface area (Å²) in [6.45, 7) is 0. The second-order valence-electron chi connectivity index (χ2n) is 2.04. The van der Waals surface area contributed by atoms with E-state index in [1.54, 1.807) is 7.05 Å². The van der Waals surface area contributed by atoms with Crippen LogP contribution in [0.2, 0.25) is 0 Å². The zero-order valence-corrected chi connectivity index (χ0v) is 6.87. The third-order valence-corrected chi connectivity index (χ3v) is 1.30. The normalized spacial score (nSPS) is 9.17. The topological polar surface area (TPSA) is 64.1 Å². The smallest absolute Gasteiger partial charge is 0.316 e. The number of rotatable bonds is 2. The average molecular weight is 167 g/mol. The highest BCUT2D eigenvalue weighted by molar-refractivity contribution is 5.93. The maximum absolute atomic E-state index is 11.0. The van der Waals surface area contributed by atoms with Crippen molar-refractivity contribution < 1.29 is 9.53 Å². The predicted molar refractivity (Wildman–Crippen MR) is 42.0 cm³/mol. The van der Waals surface area contributed by atoms with Crippen LogP contribution in [0.5, 0.6) is 6.01 Å². The molecule has 0 spiro atoms. The fourth-order valence-corrected chi connectivity index (χ4v) is 0.683. The number of aromatic nitrogens is 2. The van der Waals surface area contributed by atoms with Gasteiger partial charge in [0.1, 0.15) is 0 Å². The zero-order valence-electron chi connectivity index (χ0n) is 6.87. The van der Waals surface area contributed by atoms with E-state index in [9.17, 15) is 4.79 Å². The van der Waals surface area contributed by atoms with Crippen molar-refractivity contribution in [2.45, 2.75) is 0 Å². The van der Waals surface area contributed by atoms with E-state index in [1.165, 1.54) is 19.5 Å². The Hall–Kier alpha value is -1.65. The van der Waals surface area contributed by atoms with Gasteiger partial charge in [-0.25, -0.2) is 9.97 Å². The van der Waals surface area contributed by atoms with Crippen LogP contribution in [0.3, 0.4) is 0 Å². The summed E-state index contributed by atoms with van der Waals surface area (Å²) in [5.74, 6) is -0.211. The zero-order chi connectivity index (χ0) is 8.97. The Morgan fingerprint density at radius 3 is 2.50 bits per heavy atom. The van der Waals surface area contributed by atoms with Crippen molar-refractivity contribution in [3.8, 4) is 6.01 Å². The maximum Gasteiger partial charge on any atom is 0.316 e. The summed E-state index contributed by atoms with van der Waals surface area (Å²) in [5, 5.41) is 2.46. The minimum atomic E-state index is -0.211. The molecule has 0 aliphatic heterocycles. The Morgan fingerprint density at radius 2 is 2.08 bits per heavy atom. The average Bonchev–Trinajstić information content (AvgIpc) is 2.17. The SMILES string of the molecule is CNC(=O)c1cnc(OC)nc1. The number of ether oxygens (including phenoxy) is 1. The molecule has 1 heterocycles. The van der Waals surface area contributed by atoms with Crippen LogP contribution < -0.4 is 10.1 Å². The largest absolute Gasteiger partial charge is 0.467 e. The maximum atomic E-state index is 11.0. The molecule has 0 fully saturated rings. The summed E-state index contributed by atoms with van der Waals surface area (Å²) in [6, 6.07) is 0.252. The van der Waals surface area contributed by atoms with E-state index in [0.29, 0.717) is 5.56 Å². The second-order valence-corrected chi connectivity index (χ2v) is 2.04. The van der Waals surface area contributed by atoms with Gasteiger partial charge in [-0.1, -0.05) is 0 Å². The van der Waals surface area contributed by atoms with Crippen LogP contribution in [0, 0.1) is 0 Å². The van der Waals surface area contributed by atoms with E-state index < -0.39 is 0 Å². The minimum Gasteiger partial charge on any atom is -0.467 e. The lowest BCUT2D eigenvalue weighted by Crippen LogP contribution is -2.18. The molecular formula is C7H9N3O2. The molecule has 0 aliphatic carbocycles. The number of amides is 1. The number of carbonyl (C=O) groups is 1. The van der Waals surface area contributed by atoms with Gasteiger partial charge in [-0.2, -0.15) is 0 Å². The van der Waals surface area contributed by atoms with Crippen LogP contribution >= 0.6 is 0 Å². The first-order valence-corrected chi connectivity index (χ1v) is 3.36. The molecular weight excluding hydrogens is 158 g/mol. The molecule has 0 radical (unpaired) electrons. The second kappa shape index (κ2) is 3.66. The van der Waals surface area contributed by atoms with E-state index >= 15 is 0 Å². The first kappa shape index (κ1) is 8.45. The van der Waals surface area contributed by atoms with Gasteiger partial charge >= 0.3 is 6.01 Å². The molecule has 0 bridgehead atoms. The number of methoxy groups -OCH3 is 1. The molecule has 5 heteroatoms. The lowest BCUT2D eigenvalue weighted by atomic mass is 10.3. The lowest BCUT2D eigenvalue weighted by Gasteiger charge is -1.99. The van der Waals surface area contributed by atoms with Gasteiger partial charge in [0.05, 0.1) is 12.7 Å². The van der Waals surface area contributed by atoms with Crippen molar-refractivity contribution in [1.82, 2.24) is 15.3 Å². The summed E-state index contributed by atoms with van der Waals surface area (Å²) in [6.07, 6.45) is 2.81. The highest BCUT2D eigenvalue weighted by Crippen LogP contribution is 2.00. The van der Waals surface area contributed by atoms with Gasteiger partial charge in [-0.05, 0) is 0 Å². The molecule has 1 amide bonds. The van der Waals surface area contributed by atoms with E-state index in [-0.39, 0.29) is 11.9 Å². The highest BCUT2D eigenvalue weighted by atomic mass is 16.5. The Kier molecular flexibility index (Phi) is 2.57. The molecule has 12 heavy (non-hydrogen) atoms. The molecule has 0 aromatic carbocycles. The minimum absolute atomic E-state index is 0.211. The first-order chi connectivity index (χ1) is 5.77. The summed E-state index contributed by atoms with van der Waals surface area (Å²) >= 11 is 0. The third kappa shape index (κ3) is 1.69. The van der Waals surface area contributed by atoms with Crippen molar-refractivity contribution >= 4 is 5.91 Å². The molecule has 0 saturated heterocycles. The number of carbonyl (C=O) groups excluding carboxylic acids is 1. The Balaban J connectivity index is 2.84. The lowest BCUT2D eigenvalue weighted by molar-refractivity contribution is 0.0962. The predicted octanol–water partition coefficient (Wildman–Crippen LogP) is -0.155. The summed E-state index contributed by atoms with van der Waals surface area (Å²) in [7, 11) is 3.02. The van der Waals surface area contributed by atoms with Crippen molar-refractivity contribution in [1.29, 1.82) is 0 Å². The Bertz CT molecular complexity index is 270. The van der Waals surface area contributed by atoms with Crippen LogP contribution in [0.15, 0.2) is 12.4 Å². The fraction of sp³-hybridized carbons (Fsp3) is 0.286. The summed E-state index contributed by atoms with van der Waals surface area (Å²) < 4.78 is 4.73. The van der Waals surface area contributed by atoms with Gasteiger partial charge in [-0.15, -0.1) is 0 Å². The standard InChI is InChI=1S/C7H9N3O2/c1-8-6(11)5-3-9-7(12-2)10-4-5/h3-4H,1-2H3,(H,8,11). The van der Waals surface area contributed by atoms with Gasteiger partial charge in [0, 0.05) is 19.4 Å². The number of nitrogens with one attached hydrogen (secondary N) is 1. The number of nitrogens with zero attached hydrogens (tertiary/aromatic N) is 2. The highest BCUT2D eigenvalue weighted by Gasteiger charge is 2.03. The van der Waals surface area contributed by atoms with Gasteiger partial charge in [-0.3, -0.25) is 4.79 Å². The van der Waals surface area contributed by atoms with Crippen LogP contribution in [0.4, 0.5) is 0 Å². The molecule has 5 nitrogen and oxygen atoms in total. The Morgan fingerprint density at radius 1 is 1.50 bits per heavy atom. The molecule has 0 atom stereocenters. The van der Waals surface area contributed by atoms with E-state index in [2.05, 4.69) is 15.3 Å². The first-order valence-electron chi connectivity index (χ1n) is 3.36. The molecule has 1 rings (SSSR count). The van der Waals surface area contributed by atoms with Crippen molar-refractivity contribution in [3.63, 3.8) is 0 Å². The molecule has 0 unspecified atom stereocenters. The van der Waals surface area contributed by atoms with Crippen LogP contribution in [0.25, 0.3) is 0 Å². The molecule has 1 N–H and O–H groups in total. The van der Waals surface area contributed by atoms with E-state index in [1.807, 2.05) is 0 Å². The van der Waals surface area contributed by atoms with Crippen LogP contribution in [-0.2, 0) is 0 Å². The molecule has 1 aromatic rings. The fourth-order valence-electron chi connectivity index (χ4n) is 0.683. The van der Waals surface area contributed by atoms with Gasteiger partial charge in [0.2, 0.25) is 0 Å². The third-order valence-electron chi connectivity index (χ3n) is 1.30. The number of hydrogen-bond donors (Lipinski definition) is 1. The van der Waals surface area contributed by atoms with E-state index in [4.69, 9.17) is 4.74 Å². The van der Waals surface area contributed by atoms with Crippen LogP contribution in [-0.4, -0.2) is 30.0 Å². The Labute approximate surface area is 69.8 Å². The van der Waals surface area contributed by atoms with Gasteiger partial charge in [0.15, 0.2) is 0 Å². The molecule has 0 aliphatic rings. The number of hydrogen-bond acceptors (Lipinski definition) is 4.